The molecule has 0 heterocycles. The number of methoxy groups -OCH3 is 1. The van der Waals surface area contributed by atoms with E-state index in [2.05, 4.69) is 30.4 Å². The van der Waals surface area contributed by atoms with E-state index >= 15 is 0 Å². The summed E-state index contributed by atoms with van der Waals surface area (Å²) in [6.07, 6.45) is 0. The Bertz CT molecular complexity index is 248. The van der Waals surface area contributed by atoms with E-state index in [0.29, 0.717) is 6.61 Å². The van der Waals surface area contributed by atoms with Crippen molar-refractivity contribution >= 4 is 0 Å². The maximum absolute atomic E-state index is 5.12. The van der Waals surface area contributed by atoms with Crippen molar-refractivity contribution in [3.8, 4) is 0 Å². The smallest absolute Gasteiger partial charge is 0.0716 e. The van der Waals surface area contributed by atoms with Gasteiger partial charge in [0.25, 0.3) is 0 Å². The van der Waals surface area contributed by atoms with Gasteiger partial charge in [0, 0.05) is 13.7 Å². The third kappa shape index (κ3) is 3.17. The Hall–Kier alpha value is -0.860. The molecule has 0 amide bonds. The minimum Gasteiger partial charge on any atom is -0.380 e. The van der Waals surface area contributed by atoms with Crippen LogP contribution in [0.3, 0.4) is 0 Å². The van der Waals surface area contributed by atoms with Crippen LogP contribution < -0.4 is 5.32 Å². The van der Waals surface area contributed by atoms with E-state index in [9.17, 15) is 0 Å². The van der Waals surface area contributed by atoms with Crippen LogP contribution >= 0.6 is 0 Å². The predicted octanol–water partition coefficient (Wildman–Crippen LogP) is 1.94. The lowest BCUT2D eigenvalue weighted by Crippen LogP contribution is -2.13. The monoisotopic (exact) mass is 179 g/mol. The van der Waals surface area contributed by atoms with Crippen LogP contribution in [0.2, 0.25) is 0 Å². The molecule has 0 aromatic heterocycles. The van der Waals surface area contributed by atoms with Gasteiger partial charge >= 0.3 is 0 Å². The van der Waals surface area contributed by atoms with Gasteiger partial charge in [-0.1, -0.05) is 31.2 Å². The van der Waals surface area contributed by atoms with Crippen LogP contribution in [0.5, 0.6) is 0 Å². The van der Waals surface area contributed by atoms with Crippen molar-refractivity contribution in [1.29, 1.82) is 0 Å². The van der Waals surface area contributed by atoms with Gasteiger partial charge in [-0.05, 0) is 17.7 Å². The van der Waals surface area contributed by atoms with E-state index in [0.717, 1.165) is 13.1 Å². The van der Waals surface area contributed by atoms with Crippen LogP contribution in [0.25, 0.3) is 0 Å². The summed E-state index contributed by atoms with van der Waals surface area (Å²) in [6, 6.07) is 8.35. The molecule has 0 aliphatic rings. The lowest BCUT2D eigenvalue weighted by molar-refractivity contribution is 0.184. The minimum absolute atomic E-state index is 0.696. The zero-order valence-corrected chi connectivity index (χ0v) is 8.34. The second-order valence-corrected chi connectivity index (χ2v) is 2.98. The van der Waals surface area contributed by atoms with Gasteiger partial charge in [-0.2, -0.15) is 0 Å². The second kappa shape index (κ2) is 5.73. The van der Waals surface area contributed by atoms with Crippen LogP contribution in [0.15, 0.2) is 24.3 Å². The van der Waals surface area contributed by atoms with Crippen LogP contribution in [-0.4, -0.2) is 13.7 Å². The van der Waals surface area contributed by atoms with Gasteiger partial charge in [0.15, 0.2) is 0 Å². The highest BCUT2D eigenvalue weighted by Crippen LogP contribution is 2.09. The van der Waals surface area contributed by atoms with Gasteiger partial charge < -0.3 is 10.1 Å². The fourth-order valence-electron chi connectivity index (χ4n) is 1.29. The Labute approximate surface area is 79.9 Å². The highest BCUT2D eigenvalue weighted by Gasteiger charge is 1.99. The van der Waals surface area contributed by atoms with Crippen molar-refractivity contribution in [3.63, 3.8) is 0 Å². The van der Waals surface area contributed by atoms with E-state index in [-0.39, 0.29) is 0 Å². The number of rotatable bonds is 5. The van der Waals surface area contributed by atoms with Crippen molar-refractivity contribution in [2.45, 2.75) is 20.1 Å². The lowest BCUT2D eigenvalue weighted by atomic mass is 10.1. The number of benzene rings is 1. The van der Waals surface area contributed by atoms with Crippen molar-refractivity contribution in [3.05, 3.63) is 35.4 Å². The number of hydrogen-bond acceptors (Lipinski definition) is 2. The fraction of sp³-hybridized carbons (Fsp3) is 0.455. The molecule has 2 nitrogen and oxygen atoms in total. The zero-order chi connectivity index (χ0) is 9.52. The third-order valence-electron chi connectivity index (χ3n) is 1.98. The standard InChI is InChI=1S/C11H17NO/c1-3-12-8-10-6-4-5-7-11(10)9-13-2/h4-7,12H,3,8-9H2,1-2H3. The van der Waals surface area contributed by atoms with E-state index in [1.165, 1.54) is 11.1 Å². The summed E-state index contributed by atoms with van der Waals surface area (Å²) >= 11 is 0. The van der Waals surface area contributed by atoms with Crippen molar-refractivity contribution in [2.75, 3.05) is 13.7 Å². The highest BCUT2D eigenvalue weighted by molar-refractivity contribution is 5.26. The molecule has 0 radical (unpaired) electrons. The Balaban J connectivity index is 2.66. The van der Waals surface area contributed by atoms with Gasteiger partial charge in [-0.25, -0.2) is 0 Å². The summed E-state index contributed by atoms with van der Waals surface area (Å²) in [5.41, 5.74) is 2.59. The Morgan fingerprint density at radius 3 is 2.54 bits per heavy atom. The first-order valence-electron chi connectivity index (χ1n) is 4.65. The van der Waals surface area contributed by atoms with Gasteiger partial charge in [0.1, 0.15) is 0 Å². The molecule has 0 saturated carbocycles. The van der Waals surface area contributed by atoms with Gasteiger partial charge in [-0.3, -0.25) is 0 Å². The largest absolute Gasteiger partial charge is 0.380 e. The van der Waals surface area contributed by atoms with Crippen LogP contribution in [0, 0.1) is 0 Å². The van der Waals surface area contributed by atoms with E-state index in [4.69, 9.17) is 4.74 Å². The molecular formula is C11H17NO. The van der Waals surface area contributed by atoms with Crippen LogP contribution in [0.4, 0.5) is 0 Å². The Morgan fingerprint density at radius 2 is 1.92 bits per heavy atom. The number of ether oxygens (including phenoxy) is 1. The molecule has 2 heteroatoms. The molecule has 0 spiro atoms. The molecule has 1 N–H and O–H groups in total. The summed E-state index contributed by atoms with van der Waals surface area (Å²) < 4.78 is 5.12. The molecule has 1 aromatic rings. The quantitative estimate of drug-likeness (QED) is 0.746. The zero-order valence-electron chi connectivity index (χ0n) is 8.34. The summed E-state index contributed by atoms with van der Waals surface area (Å²) in [7, 11) is 1.73. The molecule has 0 aliphatic heterocycles. The normalized spacial score (nSPS) is 10.3. The lowest BCUT2D eigenvalue weighted by Gasteiger charge is -2.08. The fourth-order valence-corrected chi connectivity index (χ4v) is 1.29. The van der Waals surface area contributed by atoms with Crippen LogP contribution in [-0.2, 0) is 17.9 Å². The molecule has 72 valence electrons. The topological polar surface area (TPSA) is 21.3 Å². The van der Waals surface area contributed by atoms with E-state index in [1.54, 1.807) is 7.11 Å². The van der Waals surface area contributed by atoms with Gasteiger partial charge in [-0.15, -0.1) is 0 Å². The SMILES string of the molecule is CCNCc1ccccc1COC. The summed E-state index contributed by atoms with van der Waals surface area (Å²) in [5, 5.41) is 3.31. The molecule has 0 fully saturated rings. The third-order valence-corrected chi connectivity index (χ3v) is 1.98. The minimum atomic E-state index is 0.696. The second-order valence-electron chi connectivity index (χ2n) is 2.98. The molecule has 0 bridgehead atoms. The Morgan fingerprint density at radius 1 is 1.23 bits per heavy atom. The molecule has 0 unspecified atom stereocenters. The molecule has 0 aliphatic carbocycles. The average Bonchev–Trinajstić information content (AvgIpc) is 2.17. The average molecular weight is 179 g/mol. The summed E-state index contributed by atoms with van der Waals surface area (Å²) in [5.74, 6) is 0. The molecule has 0 atom stereocenters. The molecule has 1 rings (SSSR count). The first-order valence-corrected chi connectivity index (χ1v) is 4.65. The van der Waals surface area contributed by atoms with E-state index in [1.807, 2.05) is 6.07 Å². The highest BCUT2D eigenvalue weighted by atomic mass is 16.5. The van der Waals surface area contributed by atoms with Gasteiger partial charge in [0.05, 0.1) is 6.61 Å². The molecular weight excluding hydrogens is 162 g/mol. The van der Waals surface area contributed by atoms with Crippen molar-refractivity contribution in [2.24, 2.45) is 0 Å². The molecule has 1 aromatic carbocycles. The first-order chi connectivity index (χ1) is 6.38. The number of nitrogens with one attached hydrogen (secondary N) is 1. The van der Waals surface area contributed by atoms with Gasteiger partial charge in [0.2, 0.25) is 0 Å². The van der Waals surface area contributed by atoms with E-state index < -0.39 is 0 Å². The summed E-state index contributed by atoms with van der Waals surface area (Å²) in [4.78, 5) is 0. The maximum Gasteiger partial charge on any atom is 0.0716 e. The summed E-state index contributed by atoms with van der Waals surface area (Å²) in [6.45, 7) is 4.73. The number of hydrogen-bond donors (Lipinski definition) is 1. The maximum atomic E-state index is 5.12. The predicted molar refractivity (Wildman–Crippen MR) is 54.5 cm³/mol. The Kier molecular flexibility index (Phi) is 4.50. The van der Waals surface area contributed by atoms with Crippen LogP contribution in [0.1, 0.15) is 18.1 Å². The van der Waals surface area contributed by atoms with Crippen molar-refractivity contribution < 1.29 is 4.74 Å². The van der Waals surface area contributed by atoms with Crippen molar-refractivity contribution in [1.82, 2.24) is 5.32 Å². The molecule has 13 heavy (non-hydrogen) atoms. The first kappa shape index (κ1) is 10.2. The molecule has 0 saturated heterocycles.